The Morgan fingerprint density at radius 1 is 1.00 bits per heavy atom. The zero-order valence-electron chi connectivity index (χ0n) is 17.7. The summed E-state index contributed by atoms with van der Waals surface area (Å²) < 4.78 is 11.4. The van der Waals surface area contributed by atoms with Crippen molar-refractivity contribution in [2.75, 3.05) is 39.4 Å². The first-order chi connectivity index (χ1) is 15.1. The lowest BCUT2D eigenvalue weighted by Crippen LogP contribution is -2.38. The van der Waals surface area contributed by atoms with Crippen LogP contribution in [0.3, 0.4) is 0 Å². The second kappa shape index (κ2) is 8.29. The Labute approximate surface area is 181 Å². The molecule has 2 aromatic carbocycles. The monoisotopic (exact) mass is 418 g/mol. The highest BCUT2D eigenvalue weighted by atomic mass is 16.5. The quantitative estimate of drug-likeness (QED) is 0.636. The summed E-state index contributed by atoms with van der Waals surface area (Å²) in [6.45, 7) is 6.75. The molecule has 0 bridgehead atoms. The van der Waals surface area contributed by atoms with Crippen molar-refractivity contribution in [3.05, 3.63) is 81.2 Å². The van der Waals surface area contributed by atoms with Gasteiger partial charge in [-0.05, 0) is 31.0 Å². The number of benzene rings is 2. The van der Waals surface area contributed by atoms with Crippen molar-refractivity contribution < 1.29 is 13.9 Å². The molecule has 0 N–H and O–H groups in total. The third-order valence-electron chi connectivity index (χ3n) is 6.21. The van der Waals surface area contributed by atoms with Gasteiger partial charge in [0.15, 0.2) is 5.43 Å². The van der Waals surface area contributed by atoms with Gasteiger partial charge in [-0.15, -0.1) is 0 Å². The smallest absolute Gasteiger partial charge is 0.290 e. The molecule has 0 radical (unpaired) electrons. The van der Waals surface area contributed by atoms with Crippen LogP contribution in [0.1, 0.15) is 39.7 Å². The molecule has 6 nitrogen and oxygen atoms in total. The van der Waals surface area contributed by atoms with Crippen LogP contribution in [0, 0.1) is 6.92 Å². The summed E-state index contributed by atoms with van der Waals surface area (Å²) >= 11 is 0. The molecule has 0 aliphatic carbocycles. The average molecular weight is 418 g/mol. The van der Waals surface area contributed by atoms with E-state index in [4.69, 9.17) is 9.15 Å². The Hall–Kier alpha value is -2.96. The Morgan fingerprint density at radius 2 is 1.77 bits per heavy atom. The molecule has 1 atom stereocenters. The van der Waals surface area contributed by atoms with Gasteiger partial charge in [-0.25, -0.2) is 0 Å². The zero-order valence-corrected chi connectivity index (χ0v) is 17.7. The van der Waals surface area contributed by atoms with Crippen LogP contribution in [-0.4, -0.2) is 55.1 Å². The molecule has 31 heavy (non-hydrogen) atoms. The Balaban J connectivity index is 1.52. The van der Waals surface area contributed by atoms with Gasteiger partial charge in [0.05, 0.1) is 30.2 Å². The lowest BCUT2D eigenvalue weighted by Gasteiger charge is -2.29. The molecule has 1 unspecified atom stereocenters. The number of fused-ring (bicyclic) bond motifs is 2. The number of nitrogens with zero attached hydrogens (tertiary/aromatic N) is 2. The summed E-state index contributed by atoms with van der Waals surface area (Å²) in [4.78, 5) is 31.1. The minimum Gasteiger partial charge on any atom is -0.450 e. The van der Waals surface area contributed by atoms with Gasteiger partial charge in [0.2, 0.25) is 5.76 Å². The highest BCUT2D eigenvalue weighted by molar-refractivity contribution is 5.99. The van der Waals surface area contributed by atoms with Crippen LogP contribution in [0.5, 0.6) is 0 Å². The highest BCUT2D eigenvalue weighted by Gasteiger charge is 2.42. The Kier molecular flexibility index (Phi) is 5.34. The lowest BCUT2D eigenvalue weighted by atomic mass is 9.98. The second-order valence-electron chi connectivity index (χ2n) is 8.29. The minimum atomic E-state index is -0.422. The number of amides is 1. The van der Waals surface area contributed by atoms with Crippen LogP contribution < -0.4 is 5.43 Å². The predicted octanol–water partition coefficient (Wildman–Crippen LogP) is 3.37. The van der Waals surface area contributed by atoms with Crippen LogP contribution in [-0.2, 0) is 4.74 Å². The molecule has 1 aromatic heterocycles. The summed E-state index contributed by atoms with van der Waals surface area (Å²) in [7, 11) is 0. The van der Waals surface area contributed by atoms with Crippen LogP contribution >= 0.6 is 0 Å². The predicted molar refractivity (Wildman–Crippen MR) is 118 cm³/mol. The zero-order chi connectivity index (χ0) is 21.4. The van der Waals surface area contributed by atoms with Crippen molar-refractivity contribution >= 4 is 16.9 Å². The fraction of sp³-hybridized carbons (Fsp3) is 0.360. The summed E-state index contributed by atoms with van der Waals surface area (Å²) in [5.41, 5.74) is 2.73. The molecule has 160 valence electrons. The van der Waals surface area contributed by atoms with E-state index in [9.17, 15) is 9.59 Å². The first kappa shape index (κ1) is 20.0. The van der Waals surface area contributed by atoms with Crippen molar-refractivity contribution in [3.63, 3.8) is 0 Å². The lowest BCUT2D eigenvalue weighted by molar-refractivity contribution is 0.0353. The van der Waals surface area contributed by atoms with Crippen molar-refractivity contribution in [1.29, 1.82) is 0 Å². The number of rotatable bonds is 5. The van der Waals surface area contributed by atoms with Gasteiger partial charge in [0.25, 0.3) is 5.91 Å². The SMILES string of the molecule is Cc1ccc2oc3c(c(=O)c2c1)C(c1ccccc1)N(CCCN1CCOCC1)C3=O. The molecular formula is C25H26N2O4. The van der Waals surface area contributed by atoms with E-state index in [1.54, 1.807) is 11.0 Å². The fourth-order valence-electron chi connectivity index (χ4n) is 4.64. The van der Waals surface area contributed by atoms with Crippen molar-refractivity contribution in [2.24, 2.45) is 0 Å². The summed E-state index contributed by atoms with van der Waals surface area (Å²) in [6, 6.07) is 14.9. The molecule has 6 heteroatoms. The fourth-order valence-corrected chi connectivity index (χ4v) is 4.64. The van der Waals surface area contributed by atoms with E-state index < -0.39 is 6.04 Å². The number of hydrogen-bond acceptors (Lipinski definition) is 5. The van der Waals surface area contributed by atoms with E-state index in [1.807, 2.05) is 49.4 Å². The molecule has 0 saturated carbocycles. The number of morpholine rings is 1. The number of carbonyl (C=O) groups excluding carboxylic acids is 1. The van der Waals surface area contributed by atoms with Gasteiger partial charge in [-0.3, -0.25) is 14.5 Å². The largest absolute Gasteiger partial charge is 0.450 e. The van der Waals surface area contributed by atoms with Gasteiger partial charge < -0.3 is 14.1 Å². The van der Waals surface area contributed by atoms with Gasteiger partial charge in [0.1, 0.15) is 5.58 Å². The Morgan fingerprint density at radius 3 is 2.55 bits per heavy atom. The second-order valence-corrected chi connectivity index (χ2v) is 8.29. The summed E-state index contributed by atoms with van der Waals surface area (Å²) in [6.07, 6.45) is 0.829. The first-order valence-corrected chi connectivity index (χ1v) is 10.9. The van der Waals surface area contributed by atoms with E-state index in [0.29, 0.717) is 23.1 Å². The van der Waals surface area contributed by atoms with E-state index >= 15 is 0 Å². The molecule has 2 aliphatic rings. The summed E-state index contributed by atoms with van der Waals surface area (Å²) in [5, 5.41) is 0.530. The van der Waals surface area contributed by atoms with Gasteiger partial charge in [-0.2, -0.15) is 0 Å². The average Bonchev–Trinajstić information content (AvgIpc) is 3.08. The van der Waals surface area contributed by atoms with Gasteiger partial charge >= 0.3 is 0 Å². The molecule has 5 rings (SSSR count). The standard InChI is InChI=1S/C25H26N2O4/c1-17-8-9-20-19(16-17)23(28)21-22(18-6-3-2-4-7-18)27(25(29)24(21)31-20)11-5-10-26-12-14-30-15-13-26/h2-4,6-9,16,22H,5,10-15H2,1H3. The first-order valence-electron chi connectivity index (χ1n) is 10.9. The topological polar surface area (TPSA) is 63.0 Å². The molecule has 1 saturated heterocycles. The number of carbonyl (C=O) groups is 1. The third kappa shape index (κ3) is 3.66. The number of ether oxygens (including phenoxy) is 1. The van der Waals surface area contributed by atoms with Crippen LogP contribution in [0.25, 0.3) is 11.0 Å². The number of aryl methyl sites for hydroxylation is 1. The maximum absolute atomic E-state index is 13.5. The Bertz CT molecular complexity index is 1170. The van der Waals surface area contributed by atoms with Crippen molar-refractivity contribution in [2.45, 2.75) is 19.4 Å². The highest BCUT2D eigenvalue weighted by Crippen LogP contribution is 2.38. The van der Waals surface area contributed by atoms with Crippen LogP contribution in [0.2, 0.25) is 0 Å². The van der Waals surface area contributed by atoms with Gasteiger partial charge in [-0.1, -0.05) is 42.0 Å². The molecular weight excluding hydrogens is 392 g/mol. The molecule has 3 aromatic rings. The molecule has 1 amide bonds. The van der Waals surface area contributed by atoms with Crippen LogP contribution in [0.15, 0.2) is 57.7 Å². The van der Waals surface area contributed by atoms with E-state index in [2.05, 4.69) is 4.90 Å². The molecule has 2 aliphatic heterocycles. The molecule has 3 heterocycles. The van der Waals surface area contributed by atoms with Gasteiger partial charge in [0, 0.05) is 26.2 Å². The number of hydrogen-bond donors (Lipinski definition) is 0. The van der Waals surface area contributed by atoms with Crippen LogP contribution in [0.4, 0.5) is 0 Å². The normalized spacial score (nSPS) is 19.2. The summed E-state index contributed by atoms with van der Waals surface area (Å²) in [5.74, 6) is -0.0213. The molecule has 1 fully saturated rings. The van der Waals surface area contributed by atoms with E-state index in [0.717, 1.165) is 50.4 Å². The minimum absolute atomic E-state index is 0.113. The third-order valence-corrected chi connectivity index (χ3v) is 6.21. The van der Waals surface area contributed by atoms with E-state index in [-0.39, 0.29) is 17.1 Å². The maximum Gasteiger partial charge on any atom is 0.290 e. The molecule has 0 spiro atoms. The van der Waals surface area contributed by atoms with E-state index in [1.165, 1.54) is 0 Å². The maximum atomic E-state index is 13.5. The van der Waals surface area contributed by atoms with Crippen molar-refractivity contribution in [3.8, 4) is 0 Å². The van der Waals surface area contributed by atoms with Crippen molar-refractivity contribution in [1.82, 2.24) is 9.80 Å².